The quantitative estimate of drug-likeness (QED) is 0.748. The van der Waals surface area contributed by atoms with Crippen LogP contribution in [0.5, 0.6) is 11.5 Å². The predicted octanol–water partition coefficient (Wildman–Crippen LogP) is 2.84. The van der Waals surface area contributed by atoms with Gasteiger partial charge in [-0.25, -0.2) is 0 Å². The Hall–Kier alpha value is -2.80. The predicted molar refractivity (Wildman–Crippen MR) is 90.5 cm³/mol. The molecule has 24 heavy (non-hydrogen) atoms. The van der Waals surface area contributed by atoms with E-state index in [1.54, 1.807) is 17.4 Å². The number of hydrogen-bond donors (Lipinski definition) is 2. The molecule has 122 valence electrons. The smallest absolute Gasteiger partial charge is 0.271 e. The topological polar surface area (TPSA) is 76.2 Å². The van der Waals surface area contributed by atoms with E-state index in [0.29, 0.717) is 18.7 Å². The summed E-state index contributed by atoms with van der Waals surface area (Å²) in [4.78, 5) is 13.2. The van der Waals surface area contributed by atoms with Crippen molar-refractivity contribution in [2.45, 2.75) is 6.42 Å². The summed E-state index contributed by atoms with van der Waals surface area (Å²) in [5.74, 6) is 1.34. The van der Waals surface area contributed by atoms with Crippen LogP contribution in [0.3, 0.4) is 0 Å². The monoisotopic (exact) mass is 341 g/mol. The Labute approximate surface area is 142 Å². The average molecular weight is 341 g/mol. The van der Waals surface area contributed by atoms with E-state index in [1.807, 2.05) is 35.7 Å². The van der Waals surface area contributed by atoms with Crippen LogP contribution in [-0.4, -0.2) is 29.4 Å². The van der Waals surface area contributed by atoms with Gasteiger partial charge in [0.2, 0.25) is 6.79 Å². The summed E-state index contributed by atoms with van der Waals surface area (Å²) < 4.78 is 10.6. The number of aromatic nitrogens is 2. The van der Waals surface area contributed by atoms with Gasteiger partial charge in [-0.15, -0.1) is 11.3 Å². The third-order valence-corrected chi connectivity index (χ3v) is 4.64. The van der Waals surface area contributed by atoms with Crippen LogP contribution in [0.1, 0.15) is 16.1 Å². The number of H-pyrrole nitrogens is 1. The first kappa shape index (κ1) is 14.8. The van der Waals surface area contributed by atoms with Crippen LogP contribution in [0.4, 0.5) is 0 Å². The number of carbonyl (C=O) groups excluding carboxylic acids is 1. The Morgan fingerprint density at radius 3 is 3.04 bits per heavy atom. The standard InChI is InChI=1S/C17H15N3O3S/c21-17(13-9-12(19-20-13)16-2-1-7-24-16)18-6-5-11-3-4-14-15(8-11)23-10-22-14/h1-4,7-9H,5-6,10H2,(H,18,21)(H,19,20). The van der Waals surface area contributed by atoms with Crippen molar-refractivity contribution in [2.24, 2.45) is 0 Å². The van der Waals surface area contributed by atoms with Gasteiger partial charge in [-0.1, -0.05) is 12.1 Å². The Kier molecular flexibility index (Phi) is 3.92. The van der Waals surface area contributed by atoms with Gasteiger partial charge in [-0.05, 0) is 41.6 Å². The zero-order valence-corrected chi connectivity index (χ0v) is 13.6. The summed E-state index contributed by atoms with van der Waals surface area (Å²) in [5, 5.41) is 11.8. The molecule has 7 heteroatoms. The van der Waals surface area contributed by atoms with E-state index >= 15 is 0 Å². The third kappa shape index (κ3) is 2.98. The molecule has 3 heterocycles. The summed E-state index contributed by atoms with van der Waals surface area (Å²) in [7, 11) is 0. The molecule has 0 bridgehead atoms. The van der Waals surface area contributed by atoms with Crippen LogP contribution >= 0.6 is 11.3 Å². The maximum absolute atomic E-state index is 12.2. The zero-order valence-electron chi connectivity index (χ0n) is 12.7. The number of nitrogens with zero attached hydrogens (tertiary/aromatic N) is 1. The molecule has 2 aromatic heterocycles. The van der Waals surface area contributed by atoms with Gasteiger partial charge in [0.25, 0.3) is 5.91 Å². The number of nitrogens with one attached hydrogen (secondary N) is 2. The number of carbonyl (C=O) groups is 1. The van der Waals surface area contributed by atoms with Crippen molar-refractivity contribution in [1.82, 2.24) is 15.5 Å². The number of fused-ring (bicyclic) bond motifs is 1. The van der Waals surface area contributed by atoms with Crippen LogP contribution in [0.2, 0.25) is 0 Å². The number of rotatable bonds is 5. The molecule has 0 atom stereocenters. The van der Waals surface area contributed by atoms with Gasteiger partial charge in [-0.2, -0.15) is 5.10 Å². The van der Waals surface area contributed by atoms with Gasteiger partial charge in [-0.3, -0.25) is 9.89 Å². The van der Waals surface area contributed by atoms with E-state index in [-0.39, 0.29) is 12.7 Å². The Morgan fingerprint density at radius 2 is 2.17 bits per heavy atom. The second-order valence-electron chi connectivity index (χ2n) is 5.34. The lowest BCUT2D eigenvalue weighted by Gasteiger charge is -2.04. The van der Waals surface area contributed by atoms with E-state index < -0.39 is 0 Å². The molecule has 2 N–H and O–H groups in total. The first-order chi connectivity index (χ1) is 11.8. The fraction of sp³-hybridized carbons (Fsp3) is 0.176. The molecule has 0 saturated carbocycles. The third-order valence-electron chi connectivity index (χ3n) is 3.73. The van der Waals surface area contributed by atoms with Gasteiger partial charge in [0.1, 0.15) is 0 Å². The number of aromatic amines is 1. The second-order valence-corrected chi connectivity index (χ2v) is 6.29. The van der Waals surface area contributed by atoms with E-state index in [1.165, 1.54) is 0 Å². The van der Waals surface area contributed by atoms with Crippen molar-refractivity contribution in [2.75, 3.05) is 13.3 Å². The maximum Gasteiger partial charge on any atom is 0.271 e. The van der Waals surface area contributed by atoms with Gasteiger partial charge in [0.15, 0.2) is 17.2 Å². The van der Waals surface area contributed by atoms with Gasteiger partial charge in [0, 0.05) is 6.54 Å². The summed E-state index contributed by atoms with van der Waals surface area (Å²) in [5.41, 5.74) is 2.33. The Balaban J connectivity index is 1.33. The minimum atomic E-state index is -0.185. The van der Waals surface area contributed by atoms with Gasteiger partial charge in [0.05, 0.1) is 10.6 Å². The zero-order chi connectivity index (χ0) is 16.4. The van der Waals surface area contributed by atoms with E-state index in [4.69, 9.17) is 9.47 Å². The Morgan fingerprint density at radius 1 is 1.25 bits per heavy atom. The normalized spacial score (nSPS) is 12.3. The number of amides is 1. The second kappa shape index (κ2) is 6.37. The summed E-state index contributed by atoms with van der Waals surface area (Å²) in [6.07, 6.45) is 0.713. The summed E-state index contributed by atoms with van der Waals surface area (Å²) >= 11 is 1.60. The molecule has 1 aromatic carbocycles. The number of hydrogen-bond acceptors (Lipinski definition) is 5. The average Bonchev–Trinajstić information content (AvgIpc) is 3.33. The lowest BCUT2D eigenvalue weighted by atomic mass is 10.1. The molecule has 0 saturated heterocycles. The van der Waals surface area contributed by atoms with Crippen LogP contribution < -0.4 is 14.8 Å². The Bertz CT molecular complexity index is 858. The van der Waals surface area contributed by atoms with Crippen LogP contribution in [-0.2, 0) is 6.42 Å². The van der Waals surface area contributed by atoms with Crippen LogP contribution in [0, 0.1) is 0 Å². The van der Waals surface area contributed by atoms with E-state index in [0.717, 1.165) is 27.6 Å². The van der Waals surface area contributed by atoms with Crippen molar-refractivity contribution in [1.29, 1.82) is 0 Å². The molecule has 1 aliphatic rings. The SMILES string of the molecule is O=C(NCCc1ccc2c(c1)OCO2)c1cc(-c2cccs2)[nH]n1. The van der Waals surface area contributed by atoms with Crippen LogP contribution in [0.25, 0.3) is 10.6 Å². The van der Waals surface area contributed by atoms with Gasteiger partial charge >= 0.3 is 0 Å². The highest BCUT2D eigenvalue weighted by atomic mass is 32.1. The molecule has 1 amide bonds. The van der Waals surface area contributed by atoms with E-state index in [9.17, 15) is 4.79 Å². The molecule has 0 fully saturated rings. The molecule has 4 rings (SSSR count). The minimum Gasteiger partial charge on any atom is -0.454 e. The van der Waals surface area contributed by atoms with Gasteiger partial charge < -0.3 is 14.8 Å². The highest BCUT2D eigenvalue weighted by Gasteiger charge is 2.14. The molecule has 0 radical (unpaired) electrons. The molecule has 0 unspecified atom stereocenters. The molecule has 1 aliphatic heterocycles. The number of ether oxygens (including phenoxy) is 2. The maximum atomic E-state index is 12.2. The first-order valence-corrected chi connectivity index (χ1v) is 8.43. The van der Waals surface area contributed by atoms with E-state index in [2.05, 4.69) is 15.5 Å². The van der Waals surface area contributed by atoms with Crippen molar-refractivity contribution < 1.29 is 14.3 Å². The minimum absolute atomic E-state index is 0.185. The number of benzene rings is 1. The lowest BCUT2D eigenvalue weighted by molar-refractivity contribution is 0.0949. The highest BCUT2D eigenvalue weighted by molar-refractivity contribution is 7.13. The largest absolute Gasteiger partial charge is 0.454 e. The van der Waals surface area contributed by atoms with Crippen LogP contribution in [0.15, 0.2) is 41.8 Å². The highest BCUT2D eigenvalue weighted by Crippen LogP contribution is 2.32. The molecule has 0 spiro atoms. The molecule has 6 nitrogen and oxygen atoms in total. The van der Waals surface area contributed by atoms with Crippen molar-refractivity contribution in [3.8, 4) is 22.1 Å². The van der Waals surface area contributed by atoms with Crippen molar-refractivity contribution >= 4 is 17.2 Å². The van der Waals surface area contributed by atoms with Crippen molar-refractivity contribution in [3.63, 3.8) is 0 Å². The fourth-order valence-electron chi connectivity index (χ4n) is 2.50. The first-order valence-electron chi connectivity index (χ1n) is 7.55. The fourth-order valence-corrected chi connectivity index (χ4v) is 3.20. The molecular weight excluding hydrogens is 326 g/mol. The molecule has 3 aromatic rings. The molecular formula is C17H15N3O3S. The lowest BCUT2D eigenvalue weighted by Crippen LogP contribution is -2.26. The molecule has 0 aliphatic carbocycles. The van der Waals surface area contributed by atoms with Crippen molar-refractivity contribution in [3.05, 3.63) is 53.0 Å². The summed E-state index contributed by atoms with van der Waals surface area (Å²) in [6.45, 7) is 0.793. The summed E-state index contributed by atoms with van der Waals surface area (Å²) in [6, 6.07) is 11.5. The number of thiophene rings is 1.